The number of rotatable bonds is 7. The van der Waals surface area contributed by atoms with Crippen LogP contribution in [0.1, 0.15) is 36.4 Å². The number of benzene rings is 2. The second-order valence-corrected chi connectivity index (χ2v) is 9.24. The number of nitrogens with one attached hydrogen (secondary N) is 1. The average molecular weight is 466 g/mol. The highest BCUT2D eigenvalue weighted by atomic mass is 35.5. The Balaban J connectivity index is 1.32. The highest BCUT2D eigenvalue weighted by Crippen LogP contribution is 2.29. The Labute approximate surface area is 201 Å². The van der Waals surface area contributed by atoms with Crippen LogP contribution in [0.25, 0.3) is 0 Å². The molecule has 0 saturated carbocycles. The van der Waals surface area contributed by atoms with E-state index in [9.17, 15) is 10.1 Å². The molecule has 33 heavy (non-hydrogen) atoms. The van der Waals surface area contributed by atoms with E-state index in [1.807, 2.05) is 42.5 Å². The van der Waals surface area contributed by atoms with Gasteiger partial charge >= 0.3 is 0 Å². The maximum atomic E-state index is 12.9. The number of hydrogen-bond acceptors (Lipinski definition) is 5. The van der Waals surface area contributed by atoms with Gasteiger partial charge in [0.1, 0.15) is 6.07 Å². The molecule has 174 valence electrons. The van der Waals surface area contributed by atoms with E-state index in [2.05, 4.69) is 32.2 Å². The Morgan fingerprint density at radius 1 is 0.970 bits per heavy atom. The number of likely N-dealkylation sites (tertiary alicyclic amines) is 1. The Morgan fingerprint density at radius 2 is 1.73 bits per heavy atom. The molecule has 2 aliphatic rings. The molecule has 4 rings (SSSR count). The highest BCUT2D eigenvalue weighted by molar-refractivity contribution is 6.31. The Morgan fingerprint density at radius 3 is 2.52 bits per heavy atom. The van der Waals surface area contributed by atoms with Gasteiger partial charge in [-0.15, -0.1) is 0 Å². The number of carbonyl (C=O) groups is 1. The van der Waals surface area contributed by atoms with Gasteiger partial charge in [-0.1, -0.05) is 41.9 Å². The summed E-state index contributed by atoms with van der Waals surface area (Å²) in [4.78, 5) is 19.8. The van der Waals surface area contributed by atoms with Crippen molar-refractivity contribution in [3.8, 4) is 6.07 Å². The molecular weight excluding hydrogens is 434 g/mol. The van der Waals surface area contributed by atoms with Crippen LogP contribution in [0.3, 0.4) is 0 Å². The third-order valence-corrected chi connectivity index (χ3v) is 7.00. The van der Waals surface area contributed by atoms with Crippen molar-refractivity contribution in [2.75, 3.05) is 57.3 Å². The van der Waals surface area contributed by atoms with Gasteiger partial charge in [-0.3, -0.25) is 14.6 Å². The van der Waals surface area contributed by atoms with Crippen LogP contribution in [0.2, 0.25) is 5.02 Å². The number of nitriles is 1. The predicted molar refractivity (Wildman–Crippen MR) is 132 cm³/mol. The van der Waals surface area contributed by atoms with Gasteiger partial charge in [0.15, 0.2) is 0 Å². The van der Waals surface area contributed by atoms with Gasteiger partial charge < -0.3 is 10.2 Å². The van der Waals surface area contributed by atoms with Crippen molar-refractivity contribution in [3.63, 3.8) is 0 Å². The lowest BCUT2D eigenvalue weighted by molar-refractivity contribution is -0.122. The van der Waals surface area contributed by atoms with Crippen LogP contribution in [-0.4, -0.2) is 68.1 Å². The molecule has 2 aromatic rings. The third kappa shape index (κ3) is 6.05. The molecule has 1 unspecified atom stereocenters. The van der Waals surface area contributed by atoms with E-state index in [1.165, 1.54) is 12.8 Å². The molecule has 0 radical (unpaired) electrons. The van der Waals surface area contributed by atoms with Crippen molar-refractivity contribution in [2.24, 2.45) is 0 Å². The first-order valence-corrected chi connectivity index (χ1v) is 12.2. The lowest BCUT2D eigenvalue weighted by atomic mass is 10.1. The number of hydrogen-bond donors (Lipinski definition) is 1. The summed E-state index contributed by atoms with van der Waals surface area (Å²) in [6.45, 7) is 6.41. The molecule has 2 heterocycles. The average Bonchev–Trinajstić information content (AvgIpc) is 3.27. The molecule has 1 atom stereocenters. The SMILES string of the molecule is N#Cc1ccccc1N1CCCN(CC(=O)NCC(c2ccccc2Cl)N2CCCC2)CC1. The summed E-state index contributed by atoms with van der Waals surface area (Å²) >= 11 is 6.50. The fourth-order valence-corrected chi connectivity index (χ4v) is 5.18. The summed E-state index contributed by atoms with van der Waals surface area (Å²) in [5.41, 5.74) is 2.78. The van der Waals surface area contributed by atoms with E-state index in [4.69, 9.17) is 11.6 Å². The lowest BCUT2D eigenvalue weighted by Crippen LogP contribution is -2.42. The second kappa shape index (κ2) is 11.5. The quantitative estimate of drug-likeness (QED) is 0.675. The normalized spacial score (nSPS) is 18.5. The predicted octanol–water partition coefficient (Wildman–Crippen LogP) is 3.68. The molecule has 0 aliphatic carbocycles. The fraction of sp³-hybridized carbons (Fsp3) is 0.462. The smallest absolute Gasteiger partial charge is 0.234 e. The zero-order valence-corrected chi connectivity index (χ0v) is 19.8. The van der Waals surface area contributed by atoms with E-state index in [0.29, 0.717) is 18.7 Å². The van der Waals surface area contributed by atoms with Gasteiger partial charge in [0.25, 0.3) is 0 Å². The molecule has 1 amide bonds. The van der Waals surface area contributed by atoms with Crippen LogP contribution in [-0.2, 0) is 4.79 Å². The van der Waals surface area contributed by atoms with E-state index in [-0.39, 0.29) is 11.9 Å². The topological polar surface area (TPSA) is 62.6 Å². The number of carbonyl (C=O) groups excluding carboxylic acids is 1. The molecule has 2 saturated heterocycles. The first kappa shape index (κ1) is 23.6. The summed E-state index contributed by atoms with van der Waals surface area (Å²) in [5, 5.41) is 13.4. The highest BCUT2D eigenvalue weighted by Gasteiger charge is 2.26. The van der Waals surface area contributed by atoms with Gasteiger partial charge in [0.2, 0.25) is 5.91 Å². The molecule has 0 aromatic heterocycles. The van der Waals surface area contributed by atoms with Crippen LogP contribution in [0, 0.1) is 11.3 Å². The van der Waals surface area contributed by atoms with Crippen molar-refractivity contribution in [1.29, 1.82) is 5.26 Å². The third-order valence-electron chi connectivity index (χ3n) is 6.66. The molecule has 7 heteroatoms. The Bertz CT molecular complexity index is 985. The summed E-state index contributed by atoms with van der Waals surface area (Å²) in [5.74, 6) is 0.0529. The van der Waals surface area contributed by atoms with Gasteiger partial charge in [-0.05, 0) is 56.1 Å². The molecule has 0 spiro atoms. The standard InChI is InChI=1S/C26H32ClN5O/c27-23-10-3-2-9-22(23)25(31-13-5-6-14-31)19-29-26(33)20-30-12-7-15-32(17-16-30)24-11-4-1-8-21(24)18-28/h1-4,8-11,25H,5-7,12-17,19-20H2,(H,29,33). The Hall–Kier alpha value is -2.59. The zero-order chi connectivity index (χ0) is 23.0. The van der Waals surface area contributed by atoms with Gasteiger partial charge in [-0.2, -0.15) is 5.26 Å². The second-order valence-electron chi connectivity index (χ2n) is 8.83. The van der Waals surface area contributed by atoms with Gasteiger partial charge in [0, 0.05) is 37.7 Å². The molecular formula is C26H32ClN5O. The Kier molecular flexibility index (Phi) is 8.22. The molecule has 2 aromatic carbocycles. The van der Waals surface area contributed by atoms with Crippen molar-refractivity contribution in [1.82, 2.24) is 15.1 Å². The minimum absolute atomic E-state index is 0.0529. The maximum Gasteiger partial charge on any atom is 0.234 e. The first-order chi connectivity index (χ1) is 16.2. The van der Waals surface area contributed by atoms with Crippen molar-refractivity contribution >= 4 is 23.2 Å². The molecule has 1 N–H and O–H groups in total. The van der Waals surface area contributed by atoms with Crippen LogP contribution < -0.4 is 10.2 Å². The molecule has 2 aliphatic heterocycles. The monoisotopic (exact) mass is 465 g/mol. The number of halogens is 1. The zero-order valence-electron chi connectivity index (χ0n) is 19.0. The van der Waals surface area contributed by atoms with E-state index >= 15 is 0 Å². The van der Waals surface area contributed by atoms with Gasteiger partial charge in [-0.25, -0.2) is 0 Å². The summed E-state index contributed by atoms with van der Waals surface area (Å²) in [7, 11) is 0. The minimum Gasteiger partial charge on any atom is -0.369 e. The summed E-state index contributed by atoms with van der Waals surface area (Å²) in [6.07, 6.45) is 3.34. The van der Waals surface area contributed by atoms with Crippen LogP contribution in [0.15, 0.2) is 48.5 Å². The number of para-hydroxylation sites is 1. The van der Waals surface area contributed by atoms with Crippen LogP contribution in [0.5, 0.6) is 0 Å². The van der Waals surface area contributed by atoms with Crippen molar-refractivity contribution in [2.45, 2.75) is 25.3 Å². The number of amides is 1. The largest absolute Gasteiger partial charge is 0.369 e. The first-order valence-electron chi connectivity index (χ1n) is 11.9. The molecule has 0 bridgehead atoms. The lowest BCUT2D eigenvalue weighted by Gasteiger charge is -2.29. The van der Waals surface area contributed by atoms with E-state index in [0.717, 1.165) is 62.0 Å². The van der Waals surface area contributed by atoms with Gasteiger partial charge in [0.05, 0.1) is 23.8 Å². The summed E-state index contributed by atoms with van der Waals surface area (Å²) < 4.78 is 0. The maximum absolute atomic E-state index is 12.9. The fourth-order valence-electron chi connectivity index (χ4n) is 4.92. The number of nitrogens with zero attached hydrogens (tertiary/aromatic N) is 4. The van der Waals surface area contributed by atoms with Crippen LogP contribution in [0.4, 0.5) is 5.69 Å². The number of anilines is 1. The van der Waals surface area contributed by atoms with Crippen molar-refractivity contribution in [3.05, 3.63) is 64.7 Å². The summed E-state index contributed by atoms with van der Waals surface area (Å²) in [6, 6.07) is 18.1. The molecule has 6 nitrogen and oxygen atoms in total. The van der Waals surface area contributed by atoms with E-state index in [1.54, 1.807) is 0 Å². The molecule has 2 fully saturated rings. The minimum atomic E-state index is 0.0529. The van der Waals surface area contributed by atoms with Crippen molar-refractivity contribution < 1.29 is 4.79 Å². The van der Waals surface area contributed by atoms with E-state index < -0.39 is 0 Å². The van der Waals surface area contributed by atoms with Crippen LogP contribution >= 0.6 is 11.6 Å².